The van der Waals surface area contributed by atoms with E-state index in [0.717, 1.165) is 6.42 Å². The highest BCUT2D eigenvalue weighted by atomic mass is 79.9. The summed E-state index contributed by atoms with van der Waals surface area (Å²) in [5.74, 6) is 0.216. The van der Waals surface area contributed by atoms with E-state index in [1.165, 1.54) is 6.07 Å². The molecule has 1 fully saturated rings. The zero-order valence-corrected chi connectivity index (χ0v) is 11.3. The SMILES string of the molecule is CNC1CC(Oc2ccc(Br)c(F)c2)C1OC. The number of likely N-dealkylation sites (N-methyl/N-ethyl adjacent to an activating group) is 1. The number of hydrogen-bond donors (Lipinski definition) is 1. The van der Waals surface area contributed by atoms with Crippen molar-refractivity contribution < 1.29 is 13.9 Å². The normalized spacial score (nSPS) is 27.6. The van der Waals surface area contributed by atoms with Gasteiger partial charge < -0.3 is 14.8 Å². The van der Waals surface area contributed by atoms with Crippen molar-refractivity contribution in [3.63, 3.8) is 0 Å². The molecule has 0 saturated heterocycles. The molecule has 0 bridgehead atoms. The van der Waals surface area contributed by atoms with E-state index < -0.39 is 0 Å². The molecular weight excluding hydrogens is 289 g/mol. The Balaban J connectivity index is 2.00. The summed E-state index contributed by atoms with van der Waals surface area (Å²) in [5, 5.41) is 3.15. The van der Waals surface area contributed by atoms with E-state index in [4.69, 9.17) is 9.47 Å². The van der Waals surface area contributed by atoms with Crippen molar-refractivity contribution in [1.29, 1.82) is 0 Å². The van der Waals surface area contributed by atoms with Gasteiger partial charge in [0.15, 0.2) is 0 Å². The second-order valence-electron chi connectivity index (χ2n) is 4.06. The molecule has 0 aromatic heterocycles. The minimum atomic E-state index is -0.319. The van der Waals surface area contributed by atoms with Crippen LogP contribution in [-0.2, 0) is 4.74 Å². The summed E-state index contributed by atoms with van der Waals surface area (Å²) in [6.07, 6.45) is 0.872. The minimum absolute atomic E-state index is 0.0157. The third kappa shape index (κ3) is 2.61. The Morgan fingerprint density at radius 2 is 2.24 bits per heavy atom. The number of rotatable bonds is 4. The fourth-order valence-electron chi connectivity index (χ4n) is 2.02. The number of benzene rings is 1. The Hall–Kier alpha value is -0.650. The van der Waals surface area contributed by atoms with Gasteiger partial charge in [-0.2, -0.15) is 0 Å². The second-order valence-corrected chi connectivity index (χ2v) is 4.92. The van der Waals surface area contributed by atoms with Crippen LogP contribution in [0.15, 0.2) is 22.7 Å². The van der Waals surface area contributed by atoms with Crippen LogP contribution in [0.2, 0.25) is 0 Å². The molecule has 0 spiro atoms. The van der Waals surface area contributed by atoms with Crippen molar-refractivity contribution in [3.8, 4) is 5.75 Å². The molecule has 3 atom stereocenters. The molecule has 5 heteroatoms. The van der Waals surface area contributed by atoms with Crippen LogP contribution >= 0.6 is 15.9 Å². The van der Waals surface area contributed by atoms with E-state index in [0.29, 0.717) is 16.3 Å². The Labute approximate surface area is 108 Å². The Morgan fingerprint density at radius 3 is 2.82 bits per heavy atom. The van der Waals surface area contributed by atoms with Crippen molar-refractivity contribution in [2.75, 3.05) is 14.2 Å². The summed E-state index contributed by atoms with van der Waals surface area (Å²) in [4.78, 5) is 0. The fraction of sp³-hybridized carbons (Fsp3) is 0.500. The van der Waals surface area contributed by atoms with Crippen LogP contribution in [0.5, 0.6) is 5.75 Å². The summed E-state index contributed by atoms with van der Waals surface area (Å²) >= 11 is 3.11. The average Bonchev–Trinajstić information content (AvgIpc) is 2.29. The predicted octanol–water partition coefficient (Wildman–Crippen LogP) is 2.34. The van der Waals surface area contributed by atoms with Gasteiger partial charge in [-0.05, 0) is 35.1 Å². The summed E-state index contributed by atoms with van der Waals surface area (Å²) in [7, 11) is 3.55. The molecule has 3 nitrogen and oxygen atoms in total. The highest BCUT2D eigenvalue weighted by molar-refractivity contribution is 9.10. The Morgan fingerprint density at radius 1 is 1.47 bits per heavy atom. The molecule has 0 aliphatic heterocycles. The molecule has 1 aromatic carbocycles. The van der Waals surface area contributed by atoms with Gasteiger partial charge in [0.05, 0.1) is 4.47 Å². The first kappa shape index (κ1) is 12.8. The molecule has 1 saturated carbocycles. The number of nitrogens with one attached hydrogen (secondary N) is 1. The second kappa shape index (κ2) is 5.33. The smallest absolute Gasteiger partial charge is 0.141 e. The third-order valence-electron chi connectivity index (χ3n) is 3.07. The molecule has 0 heterocycles. The van der Waals surface area contributed by atoms with Gasteiger partial charge >= 0.3 is 0 Å². The van der Waals surface area contributed by atoms with Crippen LogP contribution < -0.4 is 10.1 Å². The van der Waals surface area contributed by atoms with Crippen LogP contribution in [0.3, 0.4) is 0 Å². The molecule has 1 aliphatic rings. The first-order valence-electron chi connectivity index (χ1n) is 5.47. The van der Waals surface area contributed by atoms with Crippen molar-refractivity contribution >= 4 is 15.9 Å². The summed E-state index contributed by atoms with van der Waals surface area (Å²) < 4.78 is 24.8. The first-order chi connectivity index (χ1) is 8.15. The Bertz CT molecular complexity index is 402. The maximum Gasteiger partial charge on any atom is 0.141 e. The van der Waals surface area contributed by atoms with E-state index in [1.54, 1.807) is 19.2 Å². The maximum absolute atomic E-state index is 13.3. The summed E-state index contributed by atoms with van der Waals surface area (Å²) in [6, 6.07) is 5.07. The molecule has 2 rings (SSSR count). The molecular formula is C12H15BrFNO2. The van der Waals surface area contributed by atoms with Gasteiger partial charge in [0.2, 0.25) is 0 Å². The van der Waals surface area contributed by atoms with Crippen LogP contribution in [0.25, 0.3) is 0 Å². The lowest BCUT2D eigenvalue weighted by Gasteiger charge is -2.42. The maximum atomic E-state index is 13.3. The first-order valence-corrected chi connectivity index (χ1v) is 6.26. The van der Waals surface area contributed by atoms with Crippen LogP contribution in [0.4, 0.5) is 4.39 Å². The lowest BCUT2D eigenvalue weighted by Crippen LogP contribution is -2.60. The van der Waals surface area contributed by atoms with Gasteiger partial charge in [0.25, 0.3) is 0 Å². The van der Waals surface area contributed by atoms with Crippen molar-refractivity contribution in [1.82, 2.24) is 5.32 Å². The molecule has 3 unspecified atom stereocenters. The fourth-order valence-corrected chi connectivity index (χ4v) is 2.27. The van der Waals surface area contributed by atoms with Gasteiger partial charge in [-0.25, -0.2) is 4.39 Å². The zero-order valence-electron chi connectivity index (χ0n) is 9.74. The summed E-state index contributed by atoms with van der Waals surface area (Å²) in [6.45, 7) is 0. The van der Waals surface area contributed by atoms with E-state index in [9.17, 15) is 4.39 Å². The molecule has 94 valence electrons. The van der Waals surface area contributed by atoms with E-state index in [-0.39, 0.29) is 18.0 Å². The highest BCUT2D eigenvalue weighted by Crippen LogP contribution is 2.30. The lowest BCUT2D eigenvalue weighted by molar-refractivity contribution is -0.0870. The summed E-state index contributed by atoms with van der Waals surface area (Å²) in [5.41, 5.74) is 0. The molecule has 1 N–H and O–H groups in total. The molecule has 0 radical (unpaired) electrons. The Kier molecular flexibility index (Phi) is 4.01. The van der Waals surface area contributed by atoms with E-state index >= 15 is 0 Å². The topological polar surface area (TPSA) is 30.5 Å². The van der Waals surface area contributed by atoms with Gasteiger partial charge in [-0.15, -0.1) is 0 Å². The molecule has 17 heavy (non-hydrogen) atoms. The molecule has 0 amide bonds. The van der Waals surface area contributed by atoms with Crippen molar-refractivity contribution in [2.45, 2.75) is 24.7 Å². The lowest BCUT2D eigenvalue weighted by atomic mass is 9.85. The van der Waals surface area contributed by atoms with Crippen LogP contribution in [-0.4, -0.2) is 32.4 Å². The average molecular weight is 304 g/mol. The minimum Gasteiger partial charge on any atom is -0.487 e. The van der Waals surface area contributed by atoms with Gasteiger partial charge in [-0.3, -0.25) is 0 Å². The van der Waals surface area contributed by atoms with Gasteiger partial charge in [0, 0.05) is 25.6 Å². The number of methoxy groups -OCH3 is 1. The number of halogens is 2. The predicted molar refractivity (Wildman–Crippen MR) is 66.8 cm³/mol. The zero-order chi connectivity index (χ0) is 12.4. The number of hydrogen-bond acceptors (Lipinski definition) is 3. The van der Waals surface area contributed by atoms with E-state index in [1.807, 2.05) is 7.05 Å². The molecule has 1 aliphatic carbocycles. The third-order valence-corrected chi connectivity index (χ3v) is 3.71. The van der Waals surface area contributed by atoms with Crippen LogP contribution in [0, 0.1) is 5.82 Å². The van der Waals surface area contributed by atoms with Gasteiger partial charge in [0.1, 0.15) is 23.8 Å². The molecule has 1 aromatic rings. The van der Waals surface area contributed by atoms with Crippen molar-refractivity contribution in [3.05, 3.63) is 28.5 Å². The van der Waals surface area contributed by atoms with Crippen molar-refractivity contribution in [2.24, 2.45) is 0 Å². The monoisotopic (exact) mass is 303 g/mol. The van der Waals surface area contributed by atoms with E-state index in [2.05, 4.69) is 21.2 Å². The number of ether oxygens (including phenoxy) is 2. The standard InChI is InChI=1S/C12H15BrFNO2/c1-15-10-6-11(12(10)16-2)17-7-3-4-8(13)9(14)5-7/h3-5,10-12,15H,6H2,1-2H3. The highest BCUT2D eigenvalue weighted by Gasteiger charge is 2.42. The largest absolute Gasteiger partial charge is 0.487 e. The van der Waals surface area contributed by atoms with Gasteiger partial charge in [-0.1, -0.05) is 0 Å². The quantitative estimate of drug-likeness (QED) is 0.926. The van der Waals surface area contributed by atoms with Crippen LogP contribution in [0.1, 0.15) is 6.42 Å².